The van der Waals surface area contributed by atoms with Crippen LogP contribution in [-0.2, 0) is 11.2 Å². The summed E-state index contributed by atoms with van der Waals surface area (Å²) >= 11 is 0. The summed E-state index contributed by atoms with van der Waals surface area (Å²) in [7, 11) is 1.78. The second kappa shape index (κ2) is 5.19. The lowest BCUT2D eigenvalue weighted by Gasteiger charge is -2.34. The van der Waals surface area contributed by atoms with E-state index in [0.717, 1.165) is 13.0 Å². The molecule has 1 aliphatic heterocycles. The quantitative estimate of drug-likeness (QED) is 0.866. The van der Waals surface area contributed by atoms with Gasteiger partial charge in [0.05, 0.1) is 12.6 Å². The lowest BCUT2D eigenvalue weighted by molar-refractivity contribution is 0.155. The molecule has 2 rings (SSSR count). The van der Waals surface area contributed by atoms with Crippen molar-refractivity contribution in [1.29, 1.82) is 0 Å². The van der Waals surface area contributed by atoms with Crippen LogP contribution in [0.4, 0.5) is 0 Å². The normalized spacial score (nSPS) is 23.5. The Hall–Kier alpha value is -0.860. The Balaban J connectivity index is 2.40. The number of hydrogen-bond donors (Lipinski definition) is 1. The Bertz CT molecular complexity index is 400. The third-order valence-electron chi connectivity index (χ3n) is 3.74. The molecule has 17 heavy (non-hydrogen) atoms. The maximum Gasteiger partial charge on any atom is 0.0657 e. The highest BCUT2D eigenvalue weighted by molar-refractivity contribution is 5.42. The van der Waals surface area contributed by atoms with Gasteiger partial charge in [0, 0.05) is 13.2 Å². The first kappa shape index (κ1) is 12.6. The zero-order valence-electron chi connectivity index (χ0n) is 11.3. The van der Waals surface area contributed by atoms with Gasteiger partial charge < -0.3 is 10.1 Å². The Morgan fingerprint density at radius 3 is 2.76 bits per heavy atom. The molecule has 2 unspecified atom stereocenters. The van der Waals surface area contributed by atoms with Crippen LogP contribution >= 0.6 is 0 Å². The number of benzene rings is 1. The van der Waals surface area contributed by atoms with E-state index in [2.05, 4.69) is 38.2 Å². The molecule has 0 aromatic heterocycles. The molecule has 0 aliphatic carbocycles. The van der Waals surface area contributed by atoms with Gasteiger partial charge in [-0.25, -0.2) is 0 Å². The first-order valence-electron chi connectivity index (χ1n) is 6.50. The Morgan fingerprint density at radius 2 is 2.12 bits per heavy atom. The topological polar surface area (TPSA) is 21.3 Å². The van der Waals surface area contributed by atoms with E-state index in [1.54, 1.807) is 7.11 Å². The molecule has 0 fully saturated rings. The summed E-state index contributed by atoms with van der Waals surface area (Å²) in [6.45, 7) is 7.40. The molecule has 2 nitrogen and oxygen atoms in total. The summed E-state index contributed by atoms with van der Waals surface area (Å²) in [4.78, 5) is 0. The molecule has 2 heteroatoms. The second-order valence-corrected chi connectivity index (χ2v) is 5.13. The largest absolute Gasteiger partial charge is 0.383 e. The van der Waals surface area contributed by atoms with E-state index in [-0.39, 0.29) is 0 Å². The number of hydrogen-bond acceptors (Lipinski definition) is 2. The van der Waals surface area contributed by atoms with Crippen molar-refractivity contribution in [2.75, 3.05) is 13.7 Å². The molecule has 2 atom stereocenters. The maximum atomic E-state index is 5.35. The number of fused-ring (bicyclic) bond motifs is 1. The van der Waals surface area contributed by atoms with Crippen molar-refractivity contribution in [2.45, 2.75) is 45.7 Å². The third kappa shape index (κ3) is 2.53. The predicted molar refractivity (Wildman–Crippen MR) is 71.5 cm³/mol. The zero-order chi connectivity index (χ0) is 12.4. The van der Waals surface area contributed by atoms with Crippen LogP contribution in [0.1, 0.15) is 41.6 Å². The van der Waals surface area contributed by atoms with Crippen LogP contribution in [0, 0.1) is 13.8 Å². The highest BCUT2D eigenvalue weighted by Gasteiger charge is 2.26. The van der Waals surface area contributed by atoms with E-state index in [0.29, 0.717) is 12.1 Å². The van der Waals surface area contributed by atoms with Gasteiger partial charge in [-0.15, -0.1) is 0 Å². The Labute approximate surface area is 104 Å². The van der Waals surface area contributed by atoms with E-state index in [1.807, 2.05) is 0 Å². The SMILES string of the molecule is CCC1Cc2c(C)cc(C)cc2C(COC)N1. The molecule has 94 valence electrons. The van der Waals surface area contributed by atoms with Gasteiger partial charge >= 0.3 is 0 Å². The van der Waals surface area contributed by atoms with Crippen molar-refractivity contribution >= 4 is 0 Å². The van der Waals surface area contributed by atoms with Crippen molar-refractivity contribution in [3.8, 4) is 0 Å². The molecule has 0 saturated carbocycles. The van der Waals surface area contributed by atoms with Gasteiger partial charge in [-0.3, -0.25) is 0 Å². The van der Waals surface area contributed by atoms with Crippen molar-refractivity contribution in [3.05, 3.63) is 34.4 Å². The Kier molecular flexibility index (Phi) is 3.85. The highest BCUT2D eigenvalue weighted by atomic mass is 16.5. The minimum Gasteiger partial charge on any atom is -0.383 e. The fourth-order valence-electron chi connectivity index (χ4n) is 2.87. The molecule has 1 N–H and O–H groups in total. The average Bonchev–Trinajstić information content (AvgIpc) is 2.30. The van der Waals surface area contributed by atoms with Crippen LogP contribution in [0.25, 0.3) is 0 Å². The second-order valence-electron chi connectivity index (χ2n) is 5.13. The van der Waals surface area contributed by atoms with Crippen LogP contribution in [-0.4, -0.2) is 19.8 Å². The van der Waals surface area contributed by atoms with Gasteiger partial charge in [-0.1, -0.05) is 24.6 Å². The minimum atomic E-state index is 0.354. The summed E-state index contributed by atoms with van der Waals surface area (Å²) in [5.41, 5.74) is 5.75. The van der Waals surface area contributed by atoms with E-state index in [4.69, 9.17) is 4.74 Å². The Morgan fingerprint density at radius 1 is 1.35 bits per heavy atom. The van der Waals surface area contributed by atoms with Crippen LogP contribution in [0.2, 0.25) is 0 Å². The minimum absolute atomic E-state index is 0.354. The molecule has 1 heterocycles. The van der Waals surface area contributed by atoms with Crippen LogP contribution in [0.3, 0.4) is 0 Å². The third-order valence-corrected chi connectivity index (χ3v) is 3.74. The van der Waals surface area contributed by atoms with Crippen LogP contribution in [0.15, 0.2) is 12.1 Å². The number of rotatable bonds is 3. The van der Waals surface area contributed by atoms with E-state index < -0.39 is 0 Å². The molecule has 1 aromatic rings. The zero-order valence-corrected chi connectivity index (χ0v) is 11.3. The summed E-state index contributed by atoms with van der Waals surface area (Å²) < 4.78 is 5.35. The molecule has 0 bridgehead atoms. The van der Waals surface area contributed by atoms with Crippen molar-refractivity contribution in [2.24, 2.45) is 0 Å². The molecular formula is C15H23NO. The lowest BCUT2D eigenvalue weighted by atomic mass is 9.85. The molecule has 0 amide bonds. The van der Waals surface area contributed by atoms with Gasteiger partial charge in [-0.2, -0.15) is 0 Å². The molecular weight excluding hydrogens is 210 g/mol. The van der Waals surface area contributed by atoms with E-state index in [9.17, 15) is 0 Å². The first-order chi connectivity index (χ1) is 8.15. The van der Waals surface area contributed by atoms with Gasteiger partial charge in [-0.05, 0) is 43.4 Å². The van der Waals surface area contributed by atoms with Gasteiger partial charge in [0.2, 0.25) is 0 Å². The van der Waals surface area contributed by atoms with E-state index >= 15 is 0 Å². The lowest BCUT2D eigenvalue weighted by Crippen LogP contribution is -2.41. The average molecular weight is 233 g/mol. The summed E-state index contributed by atoms with van der Waals surface area (Å²) in [5, 5.41) is 3.69. The number of methoxy groups -OCH3 is 1. The fourth-order valence-corrected chi connectivity index (χ4v) is 2.87. The molecule has 0 saturated heterocycles. The number of nitrogens with one attached hydrogen (secondary N) is 1. The van der Waals surface area contributed by atoms with Crippen molar-refractivity contribution in [1.82, 2.24) is 5.32 Å². The van der Waals surface area contributed by atoms with Crippen molar-refractivity contribution in [3.63, 3.8) is 0 Å². The van der Waals surface area contributed by atoms with Crippen LogP contribution < -0.4 is 5.32 Å². The number of aryl methyl sites for hydroxylation is 2. The standard InChI is InChI=1S/C15H23NO/c1-5-12-8-13-11(3)6-10(2)7-14(13)15(16-12)9-17-4/h6-7,12,15-16H,5,8-9H2,1-4H3. The molecule has 0 radical (unpaired) electrons. The first-order valence-corrected chi connectivity index (χ1v) is 6.50. The predicted octanol–water partition coefficient (Wildman–Crippen LogP) is 2.92. The number of ether oxygens (including phenoxy) is 1. The van der Waals surface area contributed by atoms with Gasteiger partial charge in [0.1, 0.15) is 0 Å². The highest BCUT2D eigenvalue weighted by Crippen LogP contribution is 2.30. The van der Waals surface area contributed by atoms with E-state index in [1.165, 1.54) is 28.7 Å². The van der Waals surface area contributed by atoms with Crippen LogP contribution in [0.5, 0.6) is 0 Å². The summed E-state index contributed by atoms with van der Waals surface area (Å²) in [5.74, 6) is 0. The fraction of sp³-hybridized carbons (Fsp3) is 0.600. The van der Waals surface area contributed by atoms with Gasteiger partial charge in [0.15, 0.2) is 0 Å². The maximum absolute atomic E-state index is 5.35. The van der Waals surface area contributed by atoms with Crippen molar-refractivity contribution < 1.29 is 4.74 Å². The van der Waals surface area contributed by atoms with Gasteiger partial charge in [0.25, 0.3) is 0 Å². The smallest absolute Gasteiger partial charge is 0.0657 e. The molecule has 0 spiro atoms. The molecule has 1 aliphatic rings. The monoisotopic (exact) mass is 233 g/mol. The summed E-state index contributed by atoms with van der Waals surface area (Å²) in [6.07, 6.45) is 2.32. The molecule has 1 aromatic carbocycles. The summed E-state index contributed by atoms with van der Waals surface area (Å²) in [6, 6.07) is 5.54.